The molecular formula is C14H21FN2. The number of halogens is 1. The summed E-state index contributed by atoms with van der Waals surface area (Å²) >= 11 is 0. The average Bonchev–Trinajstić information content (AvgIpc) is 2.26. The first-order chi connectivity index (χ1) is 7.98. The first kappa shape index (κ1) is 12.5. The van der Waals surface area contributed by atoms with Gasteiger partial charge in [-0.3, -0.25) is 4.90 Å². The van der Waals surface area contributed by atoms with Crippen LogP contribution in [0, 0.1) is 5.82 Å². The van der Waals surface area contributed by atoms with Crippen molar-refractivity contribution < 1.29 is 4.39 Å². The Bertz CT molecular complexity index is 390. The molecule has 17 heavy (non-hydrogen) atoms. The molecule has 0 amide bonds. The summed E-state index contributed by atoms with van der Waals surface area (Å²) in [5.41, 5.74) is 0.898. The van der Waals surface area contributed by atoms with Crippen LogP contribution in [-0.2, 0) is 6.54 Å². The molecule has 1 aliphatic rings. The van der Waals surface area contributed by atoms with Gasteiger partial charge in [0.05, 0.1) is 0 Å². The largest absolute Gasteiger partial charge is 0.309 e. The molecule has 1 aromatic rings. The van der Waals surface area contributed by atoms with Crippen LogP contribution in [0.1, 0.15) is 26.3 Å². The van der Waals surface area contributed by atoms with Crippen molar-refractivity contribution in [3.05, 3.63) is 35.6 Å². The molecule has 94 valence electrons. The number of benzene rings is 1. The van der Waals surface area contributed by atoms with Gasteiger partial charge in [-0.25, -0.2) is 4.39 Å². The lowest BCUT2D eigenvalue weighted by Gasteiger charge is -2.43. The van der Waals surface area contributed by atoms with Crippen molar-refractivity contribution >= 4 is 0 Å². The Hall–Kier alpha value is -0.930. The van der Waals surface area contributed by atoms with E-state index in [0.29, 0.717) is 12.6 Å². The van der Waals surface area contributed by atoms with E-state index < -0.39 is 0 Å². The molecule has 1 aliphatic heterocycles. The van der Waals surface area contributed by atoms with Crippen molar-refractivity contribution in [3.63, 3.8) is 0 Å². The summed E-state index contributed by atoms with van der Waals surface area (Å²) in [5, 5.41) is 3.50. The van der Waals surface area contributed by atoms with Crippen LogP contribution >= 0.6 is 0 Å². The highest BCUT2D eigenvalue weighted by Gasteiger charge is 2.30. The van der Waals surface area contributed by atoms with E-state index in [0.717, 1.165) is 18.7 Å². The molecule has 1 atom stereocenters. The van der Waals surface area contributed by atoms with Gasteiger partial charge < -0.3 is 5.32 Å². The second kappa shape index (κ2) is 4.75. The minimum absolute atomic E-state index is 0.101. The van der Waals surface area contributed by atoms with Crippen LogP contribution in [0.3, 0.4) is 0 Å². The summed E-state index contributed by atoms with van der Waals surface area (Å²) in [4.78, 5) is 2.34. The van der Waals surface area contributed by atoms with Gasteiger partial charge in [0.2, 0.25) is 0 Å². The number of rotatable bonds is 2. The fourth-order valence-corrected chi connectivity index (χ4v) is 2.33. The zero-order chi connectivity index (χ0) is 12.5. The lowest BCUT2D eigenvalue weighted by molar-refractivity contribution is 0.0966. The van der Waals surface area contributed by atoms with E-state index in [2.05, 4.69) is 31.0 Å². The molecule has 0 aliphatic carbocycles. The van der Waals surface area contributed by atoms with Crippen LogP contribution < -0.4 is 5.32 Å². The van der Waals surface area contributed by atoms with E-state index in [1.807, 2.05) is 12.1 Å². The Morgan fingerprint density at radius 2 is 2.12 bits per heavy atom. The molecule has 1 fully saturated rings. The number of hydrogen-bond acceptors (Lipinski definition) is 2. The maximum absolute atomic E-state index is 13.6. The second-order valence-corrected chi connectivity index (χ2v) is 5.61. The zero-order valence-electron chi connectivity index (χ0n) is 10.8. The highest BCUT2D eigenvalue weighted by atomic mass is 19.1. The van der Waals surface area contributed by atoms with E-state index in [1.165, 1.54) is 6.07 Å². The molecule has 0 radical (unpaired) electrons. The van der Waals surface area contributed by atoms with Crippen LogP contribution in [-0.4, -0.2) is 29.6 Å². The maximum Gasteiger partial charge on any atom is 0.127 e. The third kappa shape index (κ3) is 3.05. The predicted molar refractivity (Wildman–Crippen MR) is 68.4 cm³/mol. The van der Waals surface area contributed by atoms with Crippen LogP contribution in [0.4, 0.5) is 4.39 Å². The lowest BCUT2D eigenvalue weighted by atomic mass is 9.98. The van der Waals surface area contributed by atoms with Gasteiger partial charge in [0.1, 0.15) is 5.82 Å². The predicted octanol–water partition coefficient (Wildman–Crippen LogP) is 2.40. The van der Waals surface area contributed by atoms with E-state index in [-0.39, 0.29) is 11.4 Å². The standard InChI is InChI=1S/C14H21FN2/c1-11-8-16-14(2,3)10-17(11)9-12-6-4-5-7-13(12)15/h4-7,11,16H,8-10H2,1-3H3. The smallest absolute Gasteiger partial charge is 0.127 e. The third-order valence-corrected chi connectivity index (χ3v) is 3.43. The van der Waals surface area contributed by atoms with Crippen molar-refractivity contribution in [2.45, 2.75) is 38.9 Å². The molecule has 0 spiro atoms. The van der Waals surface area contributed by atoms with Crippen molar-refractivity contribution in [2.75, 3.05) is 13.1 Å². The topological polar surface area (TPSA) is 15.3 Å². The highest BCUT2D eigenvalue weighted by molar-refractivity contribution is 5.17. The lowest BCUT2D eigenvalue weighted by Crippen LogP contribution is -2.60. The minimum atomic E-state index is -0.101. The number of nitrogens with one attached hydrogen (secondary N) is 1. The maximum atomic E-state index is 13.6. The molecule has 0 aromatic heterocycles. The Morgan fingerprint density at radius 3 is 2.82 bits per heavy atom. The quantitative estimate of drug-likeness (QED) is 0.848. The van der Waals surface area contributed by atoms with E-state index in [4.69, 9.17) is 0 Å². The van der Waals surface area contributed by atoms with Gasteiger partial charge in [0.25, 0.3) is 0 Å². The van der Waals surface area contributed by atoms with Crippen LogP contribution in [0.15, 0.2) is 24.3 Å². The van der Waals surface area contributed by atoms with Crippen LogP contribution in [0.25, 0.3) is 0 Å². The molecule has 1 unspecified atom stereocenters. The number of nitrogens with zero attached hydrogens (tertiary/aromatic N) is 1. The first-order valence-electron chi connectivity index (χ1n) is 6.20. The van der Waals surface area contributed by atoms with Gasteiger partial charge >= 0.3 is 0 Å². The SMILES string of the molecule is CC1CNC(C)(C)CN1Cc1ccccc1F. The van der Waals surface area contributed by atoms with Gasteiger partial charge in [-0.1, -0.05) is 18.2 Å². The van der Waals surface area contributed by atoms with Crippen molar-refractivity contribution in [1.82, 2.24) is 10.2 Å². The van der Waals surface area contributed by atoms with Gasteiger partial charge in [0, 0.05) is 36.8 Å². The molecule has 0 bridgehead atoms. The summed E-state index contributed by atoms with van der Waals surface area (Å²) in [6.45, 7) is 9.16. The van der Waals surface area contributed by atoms with Crippen molar-refractivity contribution in [1.29, 1.82) is 0 Å². The molecule has 2 nitrogen and oxygen atoms in total. The summed E-state index contributed by atoms with van der Waals surface area (Å²) < 4.78 is 13.6. The molecule has 1 saturated heterocycles. The normalized spacial score (nSPS) is 24.8. The first-order valence-corrected chi connectivity index (χ1v) is 6.20. The van der Waals surface area contributed by atoms with Gasteiger partial charge in [0.15, 0.2) is 0 Å². The summed E-state index contributed by atoms with van der Waals surface area (Å²) in [6.07, 6.45) is 0. The monoisotopic (exact) mass is 236 g/mol. The zero-order valence-corrected chi connectivity index (χ0v) is 10.8. The van der Waals surface area contributed by atoms with Gasteiger partial charge in [-0.15, -0.1) is 0 Å². The molecule has 1 aromatic carbocycles. The fraction of sp³-hybridized carbons (Fsp3) is 0.571. The second-order valence-electron chi connectivity index (χ2n) is 5.61. The van der Waals surface area contributed by atoms with Gasteiger partial charge in [-0.05, 0) is 26.8 Å². The molecule has 1 N–H and O–H groups in total. The molecule has 3 heteroatoms. The Kier molecular flexibility index (Phi) is 3.50. The highest BCUT2D eigenvalue weighted by Crippen LogP contribution is 2.19. The third-order valence-electron chi connectivity index (χ3n) is 3.43. The van der Waals surface area contributed by atoms with Crippen molar-refractivity contribution in [2.24, 2.45) is 0 Å². The van der Waals surface area contributed by atoms with E-state index in [9.17, 15) is 4.39 Å². The Morgan fingerprint density at radius 1 is 1.41 bits per heavy atom. The van der Waals surface area contributed by atoms with Crippen LogP contribution in [0.2, 0.25) is 0 Å². The molecule has 2 rings (SSSR count). The molecule has 0 saturated carbocycles. The summed E-state index contributed by atoms with van der Waals surface area (Å²) in [5.74, 6) is -0.101. The average molecular weight is 236 g/mol. The van der Waals surface area contributed by atoms with E-state index >= 15 is 0 Å². The number of piperazine rings is 1. The Labute approximate surface area is 103 Å². The molecule has 1 heterocycles. The Balaban J connectivity index is 2.10. The van der Waals surface area contributed by atoms with E-state index in [1.54, 1.807) is 6.07 Å². The van der Waals surface area contributed by atoms with Crippen LogP contribution in [0.5, 0.6) is 0 Å². The minimum Gasteiger partial charge on any atom is -0.309 e. The molecular weight excluding hydrogens is 215 g/mol. The fourth-order valence-electron chi connectivity index (χ4n) is 2.33. The van der Waals surface area contributed by atoms with Crippen molar-refractivity contribution in [3.8, 4) is 0 Å². The summed E-state index contributed by atoms with van der Waals surface area (Å²) in [7, 11) is 0. The number of hydrogen-bond donors (Lipinski definition) is 1. The van der Waals surface area contributed by atoms with Gasteiger partial charge in [-0.2, -0.15) is 0 Å². The summed E-state index contributed by atoms with van der Waals surface area (Å²) in [6, 6.07) is 7.49.